The first-order chi connectivity index (χ1) is 41.1. The summed E-state index contributed by atoms with van der Waals surface area (Å²) in [4.78, 5) is 2.42. The smallest absolute Gasteiger partial charge is 0.0541 e. The first kappa shape index (κ1) is 53.5. The van der Waals surface area contributed by atoms with Crippen LogP contribution in [0.2, 0.25) is 0 Å². The topological polar surface area (TPSA) is 8.17 Å². The average Bonchev–Trinajstić information content (AvgIpc) is 2.48. The third kappa shape index (κ3) is 9.94. The van der Waals surface area contributed by atoms with Gasteiger partial charge in [-0.2, -0.15) is 0 Å². The van der Waals surface area contributed by atoms with E-state index in [1.165, 1.54) is 122 Å². The number of aromatic nitrogens is 1. The van der Waals surface area contributed by atoms with Gasteiger partial charge in [-0.3, -0.25) is 0 Å². The Morgan fingerprint density at radius 3 is 1.53 bits per heavy atom. The molecule has 11 aromatic carbocycles. The maximum absolute atomic E-state index is 2.50. The van der Waals surface area contributed by atoms with Crippen molar-refractivity contribution in [2.45, 2.75) is 84.5 Å². The zero-order chi connectivity index (χ0) is 58.2. The molecular formula is C83H72N2. The number of nitrogens with zero attached hydrogens (tertiary/aromatic N) is 2. The van der Waals surface area contributed by atoms with E-state index in [-0.39, 0.29) is 16.2 Å². The van der Waals surface area contributed by atoms with Crippen molar-refractivity contribution >= 4 is 44.4 Å². The quantitative estimate of drug-likeness (QED) is 0.132. The molecule has 14 rings (SSSR count). The molecule has 2 aliphatic carbocycles. The van der Waals surface area contributed by atoms with Crippen LogP contribution in [0.3, 0.4) is 0 Å². The van der Waals surface area contributed by atoms with Crippen LogP contribution in [0.15, 0.2) is 267 Å². The summed E-state index contributed by atoms with van der Waals surface area (Å²) in [6.07, 6.45) is 9.13. The van der Waals surface area contributed by atoms with Crippen LogP contribution >= 0.6 is 0 Å². The van der Waals surface area contributed by atoms with Crippen molar-refractivity contribution in [3.63, 3.8) is 0 Å². The minimum Gasteiger partial charge on any atom is -0.310 e. The van der Waals surface area contributed by atoms with Crippen LogP contribution in [0.5, 0.6) is 0 Å². The van der Waals surface area contributed by atoms with Gasteiger partial charge in [0, 0.05) is 38.9 Å². The number of hydrogen-bond donors (Lipinski definition) is 0. The van der Waals surface area contributed by atoms with Gasteiger partial charge in [-0.25, -0.2) is 0 Å². The predicted molar refractivity (Wildman–Crippen MR) is 364 cm³/mol. The van der Waals surface area contributed by atoms with E-state index in [9.17, 15) is 0 Å². The molecular weight excluding hydrogens is 1020 g/mol. The van der Waals surface area contributed by atoms with Crippen LogP contribution in [-0.4, -0.2) is 4.57 Å². The fourth-order valence-corrected chi connectivity index (χ4v) is 13.3. The van der Waals surface area contributed by atoms with Crippen LogP contribution in [0.4, 0.5) is 17.1 Å². The van der Waals surface area contributed by atoms with Crippen LogP contribution < -0.4 is 4.90 Å². The lowest BCUT2D eigenvalue weighted by Gasteiger charge is -2.28. The number of allylic oxidation sites excluding steroid dienone is 4. The molecule has 0 radical (unpaired) electrons. The van der Waals surface area contributed by atoms with Crippen molar-refractivity contribution in [3.05, 3.63) is 295 Å². The standard InChI is InChI=1S/C83H72N2/c1-81(2,3)67-48-64(62-28-20-27-61(46-62)60-26-19-25-59(45-60)56-23-13-10-14-24-56)47-65(49-67)66-50-68(82(4,5)6)53-72(51-66)85-79-32-18-16-30-75(79)76-52-63(37-44-80(76)85)58-35-40-70(41-36-58)84(69-38-33-57(34-39-69)55-21-11-9-12-22-55)71-42-43-74-73-29-15-17-31-77(73)83(7,8)78(74)54-71/h9,11-13,15-54H,10,14H2,1-8H3. The third-order valence-electron chi connectivity index (χ3n) is 18.1. The van der Waals surface area contributed by atoms with Crippen molar-refractivity contribution < 1.29 is 0 Å². The molecule has 0 unspecified atom stereocenters. The number of hydrogen-bond acceptors (Lipinski definition) is 1. The van der Waals surface area contributed by atoms with Gasteiger partial charge >= 0.3 is 0 Å². The average molecular weight is 1100 g/mol. The second-order valence-corrected chi connectivity index (χ2v) is 26.1. The molecule has 0 saturated carbocycles. The van der Waals surface area contributed by atoms with E-state index in [1.54, 1.807) is 0 Å². The molecule has 85 heavy (non-hydrogen) atoms. The number of fused-ring (bicyclic) bond motifs is 6. The fraction of sp³-hybridized carbons (Fsp3) is 0.157. The van der Waals surface area contributed by atoms with E-state index < -0.39 is 0 Å². The highest BCUT2D eigenvalue weighted by atomic mass is 15.1. The van der Waals surface area contributed by atoms with Crippen LogP contribution in [0.25, 0.3) is 99.8 Å². The number of rotatable bonds is 10. The zero-order valence-corrected chi connectivity index (χ0v) is 50.2. The molecule has 0 spiro atoms. The summed E-state index contributed by atoms with van der Waals surface area (Å²) in [5.74, 6) is 0. The highest BCUT2D eigenvalue weighted by Crippen LogP contribution is 2.51. The molecule has 0 atom stereocenters. The molecule has 12 aromatic rings. The van der Waals surface area contributed by atoms with Crippen molar-refractivity contribution in [1.82, 2.24) is 4.57 Å². The largest absolute Gasteiger partial charge is 0.310 e. The van der Waals surface area contributed by atoms with Crippen LogP contribution in [0, 0.1) is 0 Å². The van der Waals surface area contributed by atoms with Gasteiger partial charge in [0.1, 0.15) is 0 Å². The Labute approximate surface area is 502 Å². The molecule has 1 heterocycles. The first-order valence-corrected chi connectivity index (χ1v) is 30.4. The van der Waals surface area contributed by atoms with Gasteiger partial charge in [0.25, 0.3) is 0 Å². The summed E-state index contributed by atoms with van der Waals surface area (Å²) in [7, 11) is 0. The second-order valence-electron chi connectivity index (χ2n) is 26.1. The van der Waals surface area contributed by atoms with Gasteiger partial charge < -0.3 is 9.47 Å². The molecule has 2 aliphatic rings. The Bertz CT molecular complexity index is 4600. The summed E-state index contributed by atoms with van der Waals surface area (Å²) < 4.78 is 2.50. The maximum atomic E-state index is 2.50. The minimum atomic E-state index is -0.122. The summed E-state index contributed by atoms with van der Waals surface area (Å²) >= 11 is 0. The molecule has 2 heteroatoms. The Hall–Kier alpha value is -9.50. The monoisotopic (exact) mass is 1100 g/mol. The Balaban J connectivity index is 0.841. The van der Waals surface area contributed by atoms with Gasteiger partial charge in [-0.05, 0) is 209 Å². The minimum absolute atomic E-state index is 0.0745. The molecule has 0 saturated heterocycles. The summed E-state index contributed by atoms with van der Waals surface area (Å²) in [5.41, 5.74) is 29.3. The van der Waals surface area contributed by atoms with E-state index in [0.717, 1.165) is 35.6 Å². The van der Waals surface area contributed by atoms with Crippen LogP contribution in [-0.2, 0) is 16.2 Å². The van der Waals surface area contributed by atoms with Gasteiger partial charge in [-0.15, -0.1) is 0 Å². The highest BCUT2D eigenvalue weighted by Gasteiger charge is 2.36. The molecule has 1 aromatic heterocycles. The normalized spacial score (nSPS) is 13.7. The third-order valence-corrected chi connectivity index (χ3v) is 18.1. The molecule has 0 fully saturated rings. The number of anilines is 3. The molecule has 0 amide bonds. The molecule has 0 aliphatic heterocycles. The van der Waals surface area contributed by atoms with Gasteiger partial charge in [0.15, 0.2) is 0 Å². The molecule has 0 N–H and O–H groups in total. The van der Waals surface area contributed by atoms with Gasteiger partial charge in [0.05, 0.1) is 11.0 Å². The van der Waals surface area contributed by atoms with E-state index in [4.69, 9.17) is 0 Å². The lowest BCUT2D eigenvalue weighted by Crippen LogP contribution is -2.16. The second kappa shape index (κ2) is 21.0. The fourth-order valence-electron chi connectivity index (χ4n) is 13.3. The van der Waals surface area contributed by atoms with Gasteiger partial charge in [-0.1, -0.05) is 237 Å². The lowest BCUT2D eigenvalue weighted by molar-refractivity contribution is 0.589. The first-order valence-electron chi connectivity index (χ1n) is 30.4. The van der Waals surface area contributed by atoms with Crippen LogP contribution in [0.1, 0.15) is 96.0 Å². The Morgan fingerprint density at radius 2 is 0.847 bits per heavy atom. The van der Waals surface area contributed by atoms with Crippen molar-refractivity contribution in [2.24, 2.45) is 0 Å². The number of para-hydroxylation sites is 1. The lowest BCUT2D eigenvalue weighted by atomic mass is 9.81. The summed E-state index contributed by atoms with van der Waals surface area (Å²) in [6.45, 7) is 18.7. The molecule has 2 nitrogen and oxygen atoms in total. The van der Waals surface area contributed by atoms with Crippen molar-refractivity contribution in [1.29, 1.82) is 0 Å². The molecule has 0 bridgehead atoms. The highest BCUT2D eigenvalue weighted by molar-refractivity contribution is 6.10. The Morgan fingerprint density at radius 1 is 0.353 bits per heavy atom. The van der Waals surface area contributed by atoms with E-state index >= 15 is 0 Å². The van der Waals surface area contributed by atoms with E-state index in [0.29, 0.717) is 0 Å². The maximum Gasteiger partial charge on any atom is 0.0541 e. The van der Waals surface area contributed by atoms with E-state index in [2.05, 4.69) is 332 Å². The summed E-state index contributed by atoms with van der Waals surface area (Å²) in [5, 5.41) is 2.47. The number of benzene rings is 11. The van der Waals surface area contributed by atoms with E-state index in [1.807, 2.05) is 0 Å². The molecule has 414 valence electrons. The zero-order valence-electron chi connectivity index (χ0n) is 50.2. The summed E-state index contributed by atoms with van der Waals surface area (Å²) in [6, 6.07) is 93.6. The van der Waals surface area contributed by atoms with Crippen molar-refractivity contribution in [2.75, 3.05) is 4.90 Å². The van der Waals surface area contributed by atoms with Gasteiger partial charge in [0.2, 0.25) is 0 Å². The van der Waals surface area contributed by atoms with Crippen molar-refractivity contribution in [3.8, 4) is 72.4 Å². The predicted octanol–water partition coefficient (Wildman–Crippen LogP) is 23.2. The Kier molecular flexibility index (Phi) is 13.2. The SMILES string of the molecule is CC(C)(C)c1cc(-c2cccc(-c3cccc(C4=CCCC=C4)c3)c2)cc(-c2cc(-n3c4ccccc4c4cc(-c5ccc(N(c6ccc(-c7ccccc7)cc6)c6ccc7c(c6)C(C)(C)c6ccccc6-7)cc5)ccc43)cc(C(C)(C)C)c2)c1.